The van der Waals surface area contributed by atoms with E-state index in [-0.39, 0.29) is 60.9 Å². The molecule has 4 unspecified atom stereocenters. The highest BCUT2D eigenvalue weighted by molar-refractivity contribution is 5.85. The van der Waals surface area contributed by atoms with Gasteiger partial charge in [0.2, 0.25) is 5.91 Å². The normalized spacial score (nSPS) is 27.2. The van der Waals surface area contributed by atoms with E-state index in [1.807, 2.05) is 0 Å². The average molecular weight is 412 g/mol. The fraction of sp³-hybridized carbons (Fsp3) is 0.947. The minimum absolute atomic E-state index is 0. The molecule has 4 atom stereocenters. The van der Waals surface area contributed by atoms with Crippen LogP contribution in [-0.4, -0.2) is 54.7 Å². The van der Waals surface area contributed by atoms with Gasteiger partial charge in [-0.1, -0.05) is 33.1 Å². The Morgan fingerprint density at radius 1 is 1.12 bits per heavy atom. The van der Waals surface area contributed by atoms with Crippen LogP contribution in [0.2, 0.25) is 0 Å². The van der Waals surface area contributed by atoms with Gasteiger partial charge in [0.05, 0.1) is 18.2 Å². The topological polar surface area (TPSA) is 67.6 Å². The zero-order valence-corrected chi connectivity index (χ0v) is 18.4. The smallest absolute Gasteiger partial charge is 0.237 e. The van der Waals surface area contributed by atoms with Gasteiger partial charge in [-0.3, -0.25) is 9.69 Å². The van der Waals surface area contributed by atoms with Gasteiger partial charge in [0.15, 0.2) is 0 Å². The molecule has 1 heterocycles. The third-order valence-electron chi connectivity index (χ3n) is 5.54. The SMILES string of the molecule is CC1CN(C(C(=O)NC(CN)C2CCCCC2)C(C)C)CC(C)O1.Cl.Cl. The van der Waals surface area contributed by atoms with Crippen molar-refractivity contribution in [2.75, 3.05) is 19.6 Å². The lowest BCUT2D eigenvalue weighted by Crippen LogP contribution is -2.59. The van der Waals surface area contributed by atoms with Gasteiger partial charge in [-0.2, -0.15) is 0 Å². The van der Waals surface area contributed by atoms with Crippen molar-refractivity contribution in [1.29, 1.82) is 0 Å². The Bertz CT molecular complexity index is 396. The summed E-state index contributed by atoms with van der Waals surface area (Å²) in [5.41, 5.74) is 6.00. The summed E-state index contributed by atoms with van der Waals surface area (Å²) >= 11 is 0. The van der Waals surface area contributed by atoms with Crippen LogP contribution in [0.15, 0.2) is 0 Å². The summed E-state index contributed by atoms with van der Waals surface area (Å²) in [6.45, 7) is 10.6. The number of nitrogens with two attached hydrogens (primary N) is 1. The van der Waals surface area contributed by atoms with E-state index in [0.29, 0.717) is 12.5 Å². The lowest BCUT2D eigenvalue weighted by atomic mass is 9.83. The second-order valence-corrected chi connectivity index (χ2v) is 8.15. The monoisotopic (exact) mass is 411 g/mol. The van der Waals surface area contributed by atoms with Gasteiger partial charge in [0.25, 0.3) is 0 Å². The van der Waals surface area contributed by atoms with Crippen LogP contribution >= 0.6 is 24.8 Å². The van der Waals surface area contributed by atoms with Crippen molar-refractivity contribution < 1.29 is 9.53 Å². The molecular weight excluding hydrogens is 373 g/mol. The molecule has 3 N–H and O–H groups in total. The number of morpholine rings is 1. The van der Waals surface area contributed by atoms with Gasteiger partial charge in [-0.25, -0.2) is 0 Å². The molecule has 2 rings (SSSR count). The number of rotatable bonds is 6. The number of amides is 1. The first-order valence-corrected chi connectivity index (χ1v) is 9.82. The number of nitrogens with zero attached hydrogens (tertiary/aromatic N) is 1. The molecule has 0 bridgehead atoms. The number of hydrogen-bond acceptors (Lipinski definition) is 4. The van der Waals surface area contributed by atoms with Gasteiger partial charge in [0.1, 0.15) is 0 Å². The van der Waals surface area contributed by atoms with E-state index in [0.717, 1.165) is 13.1 Å². The first kappa shape index (κ1) is 25.9. The summed E-state index contributed by atoms with van der Waals surface area (Å²) in [7, 11) is 0. The van der Waals surface area contributed by atoms with E-state index >= 15 is 0 Å². The predicted molar refractivity (Wildman–Crippen MR) is 112 cm³/mol. The molecule has 1 saturated carbocycles. The number of halogens is 2. The summed E-state index contributed by atoms with van der Waals surface area (Å²) in [6.07, 6.45) is 6.59. The molecule has 1 aliphatic heterocycles. The van der Waals surface area contributed by atoms with Crippen molar-refractivity contribution in [2.24, 2.45) is 17.6 Å². The molecule has 26 heavy (non-hydrogen) atoms. The van der Waals surface area contributed by atoms with Crippen molar-refractivity contribution in [3.05, 3.63) is 0 Å². The Hall–Kier alpha value is -0.0700. The van der Waals surface area contributed by atoms with Gasteiger partial charge < -0.3 is 15.8 Å². The molecule has 0 radical (unpaired) electrons. The van der Waals surface area contributed by atoms with Gasteiger partial charge in [-0.05, 0) is 38.5 Å². The molecule has 5 nitrogen and oxygen atoms in total. The molecule has 1 saturated heterocycles. The van der Waals surface area contributed by atoms with Crippen LogP contribution in [0.3, 0.4) is 0 Å². The number of carbonyl (C=O) groups excluding carboxylic acids is 1. The number of ether oxygens (including phenoxy) is 1. The van der Waals surface area contributed by atoms with Crippen LogP contribution < -0.4 is 11.1 Å². The fourth-order valence-electron chi connectivity index (χ4n) is 4.51. The molecule has 156 valence electrons. The summed E-state index contributed by atoms with van der Waals surface area (Å²) in [4.78, 5) is 15.4. The highest BCUT2D eigenvalue weighted by Gasteiger charge is 2.35. The van der Waals surface area contributed by atoms with Crippen LogP contribution in [0.4, 0.5) is 0 Å². The second kappa shape index (κ2) is 12.4. The molecule has 2 fully saturated rings. The summed E-state index contributed by atoms with van der Waals surface area (Å²) in [5, 5.41) is 3.30. The Morgan fingerprint density at radius 2 is 1.65 bits per heavy atom. The number of carbonyl (C=O) groups is 1. The first-order valence-electron chi connectivity index (χ1n) is 9.82. The standard InChI is InChI=1S/C19H37N3O2.2ClH/c1-13(2)18(22-11-14(3)24-15(4)12-22)19(23)21-17(10-20)16-8-6-5-7-9-16;;/h13-18H,5-12,20H2,1-4H3,(H,21,23);2*1H. The van der Waals surface area contributed by atoms with Crippen LogP contribution in [-0.2, 0) is 9.53 Å². The van der Waals surface area contributed by atoms with E-state index < -0.39 is 0 Å². The van der Waals surface area contributed by atoms with Gasteiger partial charge in [0, 0.05) is 25.7 Å². The van der Waals surface area contributed by atoms with Crippen molar-refractivity contribution in [3.8, 4) is 0 Å². The third kappa shape index (κ3) is 7.16. The second-order valence-electron chi connectivity index (χ2n) is 8.15. The largest absolute Gasteiger partial charge is 0.373 e. The maximum absolute atomic E-state index is 13.1. The van der Waals surface area contributed by atoms with Crippen LogP contribution in [0.5, 0.6) is 0 Å². The zero-order chi connectivity index (χ0) is 17.7. The molecular formula is C19H39Cl2N3O2. The Morgan fingerprint density at radius 3 is 2.12 bits per heavy atom. The lowest BCUT2D eigenvalue weighted by molar-refractivity contribution is -0.136. The predicted octanol–water partition coefficient (Wildman–Crippen LogP) is 2.99. The molecule has 0 aromatic rings. The van der Waals surface area contributed by atoms with Gasteiger partial charge >= 0.3 is 0 Å². The molecule has 0 aromatic heterocycles. The van der Waals surface area contributed by atoms with E-state index in [1.165, 1.54) is 32.1 Å². The van der Waals surface area contributed by atoms with E-state index in [1.54, 1.807) is 0 Å². The lowest BCUT2D eigenvalue weighted by Gasteiger charge is -2.42. The highest BCUT2D eigenvalue weighted by atomic mass is 35.5. The summed E-state index contributed by atoms with van der Waals surface area (Å²) < 4.78 is 5.83. The number of nitrogens with one attached hydrogen (secondary N) is 1. The minimum atomic E-state index is -0.101. The Labute approximate surface area is 172 Å². The van der Waals surface area contributed by atoms with Crippen molar-refractivity contribution in [2.45, 2.75) is 84.1 Å². The molecule has 7 heteroatoms. The molecule has 0 spiro atoms. The Balaban J connectivity index is 0.00000312. The summed E-state index contributed by atoms with van der Waals surface area (Å²) in [6, 6.07) is 0.0198. The van der Waals surface area contributed by atoms with Crippen LogP contribution in [0.25, 0.3) is 0 Å². The quantitative estimate of drug-likeness (QED) is 0.704. The fourth-order valence-corrected chi connectivity index (χ4v) is 4.51. The molecule has 2 aliphatic rings. The van der Waals surface area contributed by atoms with Crippen molar-refractivity contribution >= 4 is 30.7 Å². The average Bonchev–Trinajstić information content (AvgIpc) is 2.52. The zero-order valence-electron chi connectivity index (χ0n) is 16.8. The minimum Gasteiger partial charge on any atom is -0.373 e. The van der Waals surface area contributed by atoms with Crippen LogP contribution in [0.1, 0.15) is 59.8 Å². The van der Waals surface area contributed by atoms with Crippen molar-refractivity contribution in [3.63, 3.8) is 0 Å². The molecule has 0 aromatic carbocycles. The Kier molecular flexibility index (Phi) is 12.4. The maximum atomic E-state index is 13.1. The van der Waals surface area contributed by atoms with E-state index in [2.05, 4.69) is 37.9 Å². The van der Waals surface area contributed by atoms with E-state index in [4.69, 9.17) is 10.5 Å². The number of hydrogen-bond donors (Lipinski definition) is 2. The first-order chi connectivity index (χ1) is 11.4. The highest BCUT2D eigenvalue weighted by Crippen LogP contribution is 2.27. The molecule has 1 amide bonds. The summed E-state index contributed by atoms with van der Waals surface area (Å²) in [5.74, 6) is 0.961. The van der Waals surface area contributed by atoms with Crippen LogP contribution in [0, 0.1) is 11.8 Å². The van der Waals surface area contributed by atoms with E-state index in [9.17, 15) is 4.79 Å². The maximum Gasteiger partial charge on any atom is 0.237 e. The van der Waals surface area contributed by atoms with Gasteiger partial charge in [-0.15, -0.1) is 24.8 Å². The third-order valence-corrected chi connectivity index (χ3v) is 5.54. The van der Waals surface area contributed by atoms with Crippen molar-refractivity contribution in [1.82, 2.24) is 10.2 Å². The molecule has 1 aliphatic carbocycles.